The van der Waals surface area contributed by atoms with Crippen molar-refractivity contribution < 1.29 is 14.3 Å². The standard InChI is InChI=1S/C21H22BrClN4O3/c1-5-13-6-12(3)19(25-10-13)26-16(9-17(22)24)20(28)27-18-11(2)7-14(23)8-15(18)21(29)30-4/h6-10,24H,5H2,1-4H3,(H,25,26)(H,27,28)/b16-9-,24-17?. The summed E-state index contributed by atoms with van der Waals surface area (Å²) in [6.45, 7) is 5.62. The topological polar surface area (TPSA) is 104 Å². The molecule has 3 N–H and O–H groups in total. The average molecular weight is 494 g/mol. The van der Waals surface area contributed by atoms with E-state index in [0.29, 0.717) is 16.4 Å². The highest BCUT2D eigenvalue weighted by molar-refractivity contribution is 9.18. The van der Waals surface area contributed by atoms with Crippen molar-refractivity contribution in [2.75, 3.05) is 17.7 Å². The Bertz CT molecular complexity index is 1040. The van der Waals surface area contributed by atoms with Crippen molar-refractivity contribution >= 4 is 55.5 Å². The maximum absolute atomic E-state index is 13.0. The second-order valence-electron chi connectivity index (χ2n) is 6.48. The highest BCUT2D eigenvalue weighted by atomic mass is 79.9. The largest absolute Gasteiger partial charge is 0.465 e. The van der Waals surface area contributed by atoms with Crippen LogP contribution >= 0.6 is 27.5 Å². The highest BCUT2D eigenvalue weighted by Crippen LogP contribution is 2.27. The van der Waals surface area contributed by atoms with Crippen LogP contribution in [0.3, 0.4) is 0 Å². The molecule has 1 aromatic carbocycles. The predicted octanol–water partition coefficient (Wildman–Crippen LogP) is 5.01. The van der Waals surface area contributed by atoms with E-state index in [1.807, 2.05) is 19.9 Å². The Hall–Kier alpha value is -2.71. The molecule has 1 aromatic heterocycles. The van der Waals surface area contributed by atoms with Gasteiger partial charge >= 0.3 is 5.97 Å². The van der Waals surface area contributed by atoms with Gasteiger partial charge in [-0.1, -0.05) is 24.6 Å². The Labute approximate surface area is 188 Å². The number of carbonyl (C=O) groups excluding carboxylic acids is 2. The van der Waals surface area contributed by atoms with E-state index in [9.17, 15) is 9.59 Å². The van der Waals surface area contributed by atoms with E-state index in [1.165, 1.54) is 19.3 Å². The summed E-state index contributed by atoms with van der Waals surface area (Å²) in [5.41, 5.74) is 2.99. The van der Waals surface area contributed by atoms with E-state index in [1.54, 1.807) is 19.2 Å². The number of nitrogens with zero attached hydrogens (tertiary/aromatic N) is 1. The van der Waals surface area contributed by atoms with Crippen molar-refractivity contribution in [2.45, 2.75) is 27.2 Å². The molecule has 0 unspecified atom stereocenters. The van der Waals surface area contributed by atoms with Crippen LogP contribution in [0.5, 0.6) is 0 Å². The summed E-state index contributed by atoms with van der Waals surface area (Å²) in [6, 6.07) is 5.03. The van der Waals surface area contributed by atoms with Crippen LogP contribution in [0.1, 0.15) is 34.0 Å². The zero-order valence-corrected chi connectivity index (χ0v) is 19.4. The van der Waals surface area contributed by atoms with Crippen molar-refractivity contribution in [3.63, 3.8) is 0 Å². The van der Waals surface area contributed by atoms with Gasteiger partial charge in [-0.25, -0.2) is 9.78 Å². The molecule has 1 amide bonds. The molecule has 0 aliphatic carbocycles. The SMILES string of the molecule is CCc1cnc(N/C(=C\C(=N)Br)C(=O)Nc2c(C)cc(Cl)cc2C(=O)OC)c(C)c1. The number of anilines is 2. The summed E-state index contributed by atoms with van der Waals surface area (Å²) >= 11 is 9.09. The molecule has 0 atom stereocenters. The van der Waals surface area contributed by atoms with E-state index < -0.39 is 11.9 Å². The van der Waals surface area contributed by atoms with Gasteiger partial charge < -0.3 is 15.4 Å². The number of aromatic nitrogens is 1. The van der Waals surface area contributed by atoms with Gasteiger partial charge in [-0.15, -0.1) is 0 Å². The van der Waals surface area contributed by atoms with Gasteiger partial charge in [0, 0.05) is 11.2 Å². The summed E-state index contributed by atoms with van der Waals surface area (Å²) in [6.07, 6.45) is 3.88. The average Bonchev–Trinajstić information content (AvgIpc) is 2.69. The predicted molar refractivity (Wildman–Crippen MR) is 123 cm³/mol. The summed E-state index contributed by atoms with van der Waals surface area (Å²) in [4.78, 5) is 29.5. The lowest BCUT2D eigenvalue weighted by Crippen LogP contribution is -2.23. The second kappa shape index (κ2) is 10.4. The van der Waals surface area contributed by atoms with Gasteiger partial charge in [-0.2, -0.15) is 0 Å². The Morgan fingerprint density at radius 3 is 2.50 bits per heavy atom. The number of aryl methyl sites for hydroxylation is 3. The number of amides is 1. The number of halogens is 2. The molecule has 0 fully saturated rings. The minimum absolute atomic E-state index is 0.0102. The van der Waals surface area contributed by atoms with Gasteiger partial charge in [0.1, 0.15) is 11.5 Å². The molecule has 0 aliphatic heterocycles. The van der Waals surface area contributed by atoms with E-state index in [0.717, 1.165) is 17.5 Å². The number of hydrogen-bond donors (Lipinski definition) is 3. The summed E-state index contributed by atoms with van der Waals surface area (Å²) in [7, 11) is 1.25. The van der Waals surface area contributed by atoms with Gasteiger partial charge in [0.25, 0.3) is 5.91 Å². The van der Waals surface area contributed by atoms with Gasteiger partial charge in [0.15, 0.2) is 0 Å². The van der Waals surface area contributed by atoms with Crippen LogP contribution in [0.2, 0.25) is 5.02 Å². The molecule has 2 rings (SSSR count). The molecule has 158 valence electrons. The van der Waals surface area contributed by atoms with Crippen LogP contribution in [0.15, 0.2) is 36.2 Å². The molecule has 0 bridgehead atoms. The fourth-order valence-electron chi connectivity index (χ4n) is 2.73. The summed E-state index contributed by atoms with van der Waals surface area (Å²) in [5.74, 6) is -0.700. The maximum atomic E-state index is 13.0. The lowest BCUT2D eigenvalue weighted by atomic mass is 10.1. The number of ether oxygens (including phenoxy) is 1. The first-order chi connectivity index (χ1) is 14.2. The van der Waals surface area contributed by atoms with Crippen molar-refractivity contribution in [1.82, 2.24) is 4.98 Å². The molecule has 0 aliphatic rings. The number of pyridine rings is 1. The number of nitrogens with one attached hydrogen (secondary N) is 3. The molecule has 30 heavy (non-hydrogen) atoms. The Balaban J connectivity index is 2.41. The Kier molecular flexibility index (Phi) is 8.14. The normalized spacial score (nSPS) is 11.1. The van der Waals surface area contributed by atoms with Gasteiger partial charge in [-0.05, 0) is 71.1 Å². The summed E-state index contributed by atoms with van der Waals surface area (Å²) < 4.78 is 4.79. The van der Waals surface area contributed by atoms with Crippen molar-refractivity contribution in [1.29, 1.82) is 5.41 Å². The van der Waals surface area contributed by atoms with Crippen LogP contribution in [0.4, 0.5) is 11.5 Å². The third-order valence-electron chi connectivity index (χ3n) is 4.26. The minimum Gasteiger partial charge on any atom is -0.465 e. The fourth-order valence-corrected chi connectivity index (χ4v) is 3.23. The van der Waals surface area contributed by atoms with Crippen LogP contribution in [-0.4, -0.2) is 28.6 Å². The first kappa shape index (κ1) is 23.6. The third-order valence-corrected chi connectivity index (χ3v) is 4.70. The zero-order chi connectivity index (χ0) is 22.4. The molecule has 2 aromatic rings. The second-order valence-corrected chi connectivity index (χ2v) is 7.78. The monoisotopic (exact) mass is 492 g/mol. The van der Waals surface area contributed by atoms with Crippen LogP contribution in [0, 0.1) is 19.3 Å². The highest BCUT2D eigenvalue weighted by Gasteiger charge is 2.20. The number of hydrogen-bond acceptors (Lipinski definition) is 6. The number of rotatable bonds is 7. The lowest BCUT2D eigenvalue weighted by molar-refractivity contribution is -0.112. The van der Waals surface area contributed by atoms with Gasteiger partial charge in [0.05, 0.1) is 23.0 Å². The number of carbonyl (C=O) groups is 2. The van der Waals surface area contributed by atoms with Crippen molar-refractivity contribution in [3.8, 4) is 0 Å². The smallest absolute Gasteiger partial charge is 0.340 e. The molecule has 9 heteroatoms. The molecule has 1 heterocycles. The number of esters is 1. The Morgan fingerprint density at radius 2 is 1.93 bits per heavy atom. The van der Waals surface area contributed by atoms with Crippen LogP contribution in [-0.2, 0) is 16.0 Å². The van der Waals surface area contributed by atoms with Gasteiger partial charge in [0.2, 0.25) is 0 Å². The molecule has 0 radical (unpaired) electrons. The van der Waals surface area contributed by atoms with Crippen LogP contribution < -0.4 is 10.6 Å². The molecule has 0 spiro atoms. The number of methoxy groups -OCH3 is 1. The molecular formula is C21H22BrClN4O3. The quantitative estimate of drug-likeness (QED) is 0.286. The van der Waals surface area contributed by atoms with E-state index in [-0.39, 0.29) is 21.6 Å². The molecule has 0 saturated carbocycles. The Morgan fingerprint density at radius 1 is 1.23 bits per heavy atom. The minimum atomic E-state index is -0.629. The number of allylic oxidation sites excluding steroid dienone is 1. The number of benzene rings is 1. The summed E-state index contributed by atoms with van der Waals surface area (Å²) in [5, 5.41) is 13.7. The lowest BCUT2D eigenvalue weighted by Gasteiger charge is -2.16. The van der Waals surface area contributed by atoms with E-state index in [4.69, 9.17) is 21.7 Å². The van der Waals surface area contributed by atoms with Crippen molar-refractivity contribution in [2.24, 2.45) is 0 Å². The van der Waals surface area contributed by atoms with Crippen LogP contribution in [0.25, 0.3) is 0 Å². The van der Waals surface area contributed by atoms with E-state index in [2.05, 4.69) is 31.5 Å². The zero-order valence-electron chi connectivity index (χ0n) is 17.0. The van der Waals surface area contributed by atoms with Gasteiger partial charge in [-0.3, -0.25) is 10.2 Å². The molecule has 7 nitrogen and oxygen atoms in total. The van der Waals surface area contributed by atoms with Crippen molar-refractivity contribution in [3.05, 3.63) is 63.4 Å². The third kappa shape index (κ3) is 5.90. The first-order valence-corrected chi connectivity index (χ1v) is 10.2. The molecule has 0 saturated heterocycles. The fraction of sp³-hybridized carbons (Fsp3) is 0.238. The maximum Gasteiger partial charge on any atom is 0.340 e. The van der Waals surface area contributed by atoms with E-state index >= 15 is 0 Å². The first-order valence-electron chi connectivity index (χ1n) is 9.04. The molecular weight excluding hydrogens is 472 g/mol.